The van der Waals surface area contributed by atoms with Crippen molar-refractivity contribution in [1.82, 2.24) is 9.80 Å². The first-order valence-corrected chi connectivity index (χ1v) is 9.76. The maximum absolute atomic E-state index is 13.1. The first-order valence-electron chi connectivity index (χ1n) is 9.76. The number of carbonyl (C=O) groups is 2. The van der Waals surface area contributed by atoms with E-state index < -0.39 is 0 Å². The molecule has 3 atom stereocenters. The molecular weight excluding hydrogens is 352 g/mol. The Labute approximate surface area is 166 Å². The quantitative estimate of drug-likeness (QED) is 0.838. The molecule has 0 unspecified atom stereocenters. The number of aliphatic hydroxyl groups is 1. The van der Waals surface area contributed by atoms with Crippen LogP contribution in [0.4, 0.5) is 0 Å². The number of likely N-dealkylation sites (tertiary alicyclic amines) is 1. The topological polar surface area (TPSA) is 60.9 Å². The van der Waals surface area contributed by atoms with E-state index in [0.717, 1.165) is 5.56 Å². The number of benzene rings is 2. The lowest BCUT2D eigenvalue weighted by Crippen LogP contribution is -2.68. The van der Waals surface area contributed by atoms with E-state index in [4.69, 9.17) is 0 Å². The Morgan fingerprint density at radius 1 is 1.00 bits per heavy atom. The summed E-state index contributed by atoms with van der Waals surface area (Å²) in [5.74, 6) is -0.120. The van der Waals surface area contributed by atoms with Gasteiger partial charge in [-0.2, -0.15) is 0 Å². The van der Waals surface area contributed by atoms with Crippen molar-refractivity contribution >= 4 is 11.8 Å². The predicted octanol–water partition coefficient (Wildman–Crippen LogP) is 2.91. The molecule has 0 spiro atoms. The van der Waals surface area contributed by atoms with Gasteiger partial charge in [-0.05, 0) is 31.5 Å². The van der Waals surface area contributed by atoms with Crippen LogP contribution >= 0.6 is 0 Å². The molecule has 5 heteroatoms. The normalized spacial score (nSPS) is 21.3. The molecule has 28 heavy (non-hydrogen) atoms. The lowest BCUT2D eigenvalue weighted by atomic mass is 9.74. The lowest BCUT2D eigenvalue weighted by Gasteiger charge is -2.56. The molecule has 5 nitrogen and oxygen atoms in total. The summed E-state index contributed by atoms with van der Waals surface area (Å²) in [6.45, 7) is 5.83. The molecule has 0 aromatic heterocycles. The Kier molecular flexibility index (Phi) is 6.15. The van der Waals surface area contributed by atoms with Crippen molar-refractivity contribution in [2.24, 2.45) is 0 Å². The Bertz CT molecular complexity index is 807. The van der Waals surface area contributed by atoms with E-state index in [1.54, 1.807) is 4.90 Å². The van der Waals surface area contributed by atoms with Gasteiger partial charge in [-0.1, -0.05) is 48.5 Å². The van der Waals surface area contributed by atoms with Crippen LogP contribution in [0.1, 0.15) is 42.6 Å². The average Bonchev–Trinajstić information content (AvgIpc) is 2.68. The number of rotatable bonds is 6. The molecule has 2 amide bonds. The van der Waals surface area contributed by atoms with E-state index in [9.17, 15) is 14.7 Å². The van der Waals surface area contributed by atoms with Crippen molar-refractivity contribution in [2.75, 3.05) is 13.2 Å². The molecule has 1 fully saturated rings. The SMILES string of the molecule is CC(=O)N1[C@H](CO)[C@@H](c2ccccc2)[C@H]1CN(C(=O)c1ccccc1)C(C)C. The molecule has 1 N–H and O–H groups in total. The van der Waals surface area contributed by atoms with E-state index in [2.05, 4.69) is 0 Å². The smallest absolute Gasteiger partial charge is 0.254 e. The fourth-order valence-corrected chi connectivity index (χ4v) is 4.21. The van der Waals surface area contributed by atoms with Crippen molar-refractivity contribution in [3.8, 4) is 0 Å². The minimum absolute atomic E-state index is 0.0000710. The number of amides is 2. The van der Waals surface area contributed by atoms with E-state index in [0.29, 0.717) is 12.1 Å². The van der Waals surface area contributed by atoms with Crippen molar-refractivity contribution in [3.63, 3.8) is 0 Å². The number of nitrogens with zero attached hydrogens (tertiary/aromatic N) is 2. The number of carbonyl (C=O) groups excluding carboxylic acids is 2. The van der Waals surface area contributed by atoms with Crippen LogP contribution in [-0.2, 0) is 4.79 Å². The van der Waals surface area contributed by atoms with Crippen LogP contribution in [0.2, 0.25) is 0 Å². The van der Waals surface area contributed by atoms with Gasteiger partial charge in [0, 0.05) is 31.0 Å². The number of hydrogen-bond donors (Lipinski definition) is 1. The third kappa shape index (κ3) is 3.80. The van der Waals surface area contributed by atoms with Gasteiger partial charge in [0.05, 0.1) is 18.7 Å². The van der Waals surface area contributed by atoms with Crippen molar-refractivity contribution in [2.45, 2.75) is 44.8 Å². The zero-order valence-corrected chi connectivity index (χ0v) is 16.7. The van der Waals surface area contributed by atoms with E-state index in [1.807, 2.05) is 79.4 Å². The molecule has 0 saturated carbocycles. The first kappa shape index (κ1) is 20.1. The highest BCUT2D eigenvalue weighted by Crippen LogP contribution is 2.41. The van der Waals surface area contributed by atoms with Gasteiger partial charge in [-0.3, -0.25) is 9.59 Å². The van der Waals surface area contributed by atoms with Gasteiger partial charge >= 0.3 is 0 Å². The van der Waals surface area contributed by atoms with Crippen LogP contribution in [0, 0.1) is 0 Å². The Balaban J connectivity index is 1.90. The maximum Gasteiger partial charge on any atom is 0.254 e. The molecule has 1 aliphatic heterocycles. The summed E-state index contributed by atoms with van der Waals surface area (Å²) in [6, 6.07) is 18.7. The fraction of sp³-hybridized carbons (Fsp3) is 0.391. The van der Waals surface area contributed by atoms with Crippen LogP contribution < -0.4 is 0 Å². The molecule has 1 saturated heterocycles. The van der Waals surface area contributed by atoms with Crippen LogP contribution in [0.3, 0.4) is 0 Å². The summed E-state index contributed by atoms with van der Waals surface area (Å²) in [5, 5.41) is 9.91. The molecule has 0 bridgehead atoms. The molecule has 3 rings (SSSR count). The average molecular weight is 380 g/mol. The maximum atomic E-state index is 13.1. The highest BCUT2D eigenvalue weighted by atomic mass is 16.3. The van der Waals surface area contributed by atoms with Gasteiger partial charge in [0.25, 0.3) is 5.91 Å². The summed E-state index contributed by atoms with van der Waals surface area (Å²) in [6.07, 6.45) is 0. The zero-order valence-electron chi connectivity index (χ0n) is 16.7. The fourth-order valence-electron chi connectivity index (χ4n) is 4.21. The highest BCUT2D eigenvalue weighted by Gasteiger charge is 2.51. The van der Waals surface area contributed by atoms with E-state index in [-0.39, 0.29) is 42.5 Å². The minimum atomic E-state index is -0.259. The summed E-state index contributed by atoms with van der Waals surface area (Å²) in [5.41, 5.74) is 1.72. The van der Waals surface area contributed by atoms with Gasteiger partial charge in [0.1, 0.15) is 0 Å². The van der Waals surface area contributed by atoms with Crippen molar-refractivity contribution in [3.05, 3.63) is 71.8 Å². The lowest BCUT2D eigenvalue weighted by molar-refractivity contribution is -0.149. The van der Waals surface area contributed by atoms with Gasteiger partial charge in [0.2, 0.25) is 5.91 Å². The minimum Gasteiger partial charge on any atom is -0.394 e. The molecule has 148 valence electrons. The molecule has 0 aliphatic carbocycles. The predicted molar refractivity (Wildman–Crippen MR) is 109 cm³/mol. The van der Waals surface area contributed by atoms with Gasteiger partial charge in [0.15, 0.2) is 0 Å². The van der Waals surface area contributed by atoms with Crippen molar-refractivity contribution in [1.29, 1.82) is 0 Å². The number of hydrogen-bond acceptors (Lipinski definition) is 3. The second kappa shape index (κ2) is 8.57. The molecule has 0 radical (unpaired) electrons. The van der Waals surface area contributed by atoms with Gasteiger partial charge in [-0.15, -0.1) is 0 Å². The van der Waals surface area contributed by atoms with Gasteiger partial charge < -0.3 is 14.9 Å². The van der Waals surface area contributed by atoms with E-state index in [1.165, 1.54) is 6.92 Å². The Morgan fingerprint density at radius 3 is 2.07 bits per heavy atom. The zero-order chi connectivity index (χ0) is 20.3. The third-order valence-corrected chi connectivity index (χ3v) is 5.57. The van der Waals surface area contributed by atoms with Crippen LogP contribution in [0.25, 0.3) is 0 Å². The summed E-state index contributed by atoms with van der Waals surface area (Å²) < 4.78 is 0. The summed E-state index contributed by atoms with van der Waals surface area (Å²) in [7, 11) is 0. The summed E-state index contributed by atoms with van der Waals surface area (Å²) >= 11 is 0. The number of aliphatic hydroxyl groups excluding tert-OH is 1. The highest BCUT2D eigenvalue weighted by molar-refractivity contribution is 5.94. The second-order valence-electron chi connectivity index (χ2n) is 7.60. The summed E-state index contributed by atoms with van der Waals surface area (Å²) in [4.78, 5) is 28.9. The second-order valence-corrected chi connectivity index (χ2v) is 7.60. The largest absolute Gasteiger partial charge is 0.394 e. The van der Waals surface area contributed by atoms with Gasteiger partial charge in [-0.25, -0.2) is 0 Å². The van der Waals surface area contributed by atoms with Crippen LogP contribution in [0.15, 0.2) is 60.7 Å². The standard InChI is InChI=1S/C23H28N2O3/c1-16(2)24(23(28)19-12-8-5-9-13-19)14-20-22(18-10-6-4-7-11-18)21(15-26)25(20)17(3)27/h4-13,16,20-22,26H,14-15H2,1-3H3/t20-,21-,22+/m1/s1. The molecule has 1 aliphatic rings. The monoisotopic (exact) mass is 380 g/mol. The molecule has 2 aromatic carbocycles. The third-order valence-electron chi connectivity index (χ3n) is 5.57. The van der Waals surface area contributed by atoms with E-state index >= 15 is 0 Å². The first-order chi connectivity index (χ1) is 13.5. The Morgan fingerprint density at radius 2 is 1.57 bits per heavy atom. The van der Waals surface area contributed by atoms with Crippen molar-refractivity contribution < 1.29 is 14.7 Å². The van der Waals surface area contributed by atoms with Crippen LogP contribution in [-0.4, -0.2) is 58.0 Å². The Hall–Kier alpha value is -2.66. The van der Waals surface area contributed by atoms with Crippen LogP contribution in [0.5, 0.6) is 0 Å². The molecular formula is C23H28N2O3. The molecule has 2 aromatic rings. The molecule has 1 heterocycles.